The average molecular weight is 373 g/mol. The van der Waals surface area contributed by atoms with Crippen LogP contribution in [0.15, 0.2) is 61.2 Å². The second-order valence-electron chi connectivity index (χ2n) is 7.13. The molecule has 28 heavy (non-hydrogen) atoms. The molecule has 0 bridgehead atoms. The number of hydrogen-bond donors (Lipinski definition) is 1. The summed E-state index contributed by atoms with van der Waals surface area (Å²) in [5.41, 5.74) is 3.94. The van der Waals surface area contributed by atoms with Gasteiger partial charge in [0.05, 0.1) is 5.56 Å². The molecule has 1 unspecified atom stereocenters. The topological polar surface area (TPSA) is 71.0 Å². The van der Waals surface area contributed by atoms with Crippen LogP contribution in [0.5, 0.6) is 0 Å². The van der Waals surface area contributed by atoms with Crippen molar-refractivity contribution in [3.05, 3.63) is 72.3 Å². The smallest absolute Gasteiger partial charge is 0.254 e. The molecular formula is C22H23N5O. The van der Waals surface area contributed by atoms with Gasteiger partial charge in [0.15, 0.2) is 5.82 Å². The fourth-order valence-corrected chi connectivity index (χ4v) is 3.57. The quantitative estimate of drug-likeness (QED) is 0.744. The van der Waals surface area contributed by atoms with Gasteiger partial charge in [0.1, 0.15) is 0 Å². The van der Waals surface area contributed by atoms with E-state index < -0.39 is 0 Å². The summed E-state index contributed by atoms with van der Waals surface area (Å²) < 4.78 is 0. The molecule has 2 aromatic heterocycles. The van der Waals surface area contributed by atoms with Gasteiger partial charge >= 0.3 is 0 Å². The molecule has 3 heterocycles. The van der Waals surface area contributed by atoms with E-state index in [9.17, 15) is 4.79 Å². The molecule has 1 amide bonds. The summed E-state index contributed by atoms with van der Waals surface area (Å²) in [6, 6.07) is 12.1. The van der Waals surface area contributed by atoms with Gasteiger partial charge in [-0.05, 0) is 43.0 Å². The number of nitrogens with one attached hydrogen (secondary N) is 1. The highest BCUT2D eigenvalue weighted by atomic mass is 16.1. The van der Waals surface area contributed by atoms with E-state index in [1.807, 2.05) is 12.1 Å². The van der Waals surface area contributed by atoms with Crippen LogP contribution in [0.4, 0.5) is 5.69 Å². The number of amides is 1. The van der Waals surface area contributed by atoms with Crippen molar-refractivity contribution in [1.82, 2.24) is 20.3 Å². The van der Waals surface area contributed by atoms with Crippen molar-refractivity contribution in [3.63, 3.8) is 0 Å². The molecule has 0 radical (unpaired) electrons. The minimum absolute atomic E-state index is 0.129. The van der Waals surface area contributed by atoms with Gasteiger partial charge in [0.2, 0.25) is 0 Å². The van der Waals surface area contributed by atoms with Crippen molar-refractivity contribution in [2.75, 3.05) is 24.5 Å². The Balaban J connectivity index is 1.32. The Labute approximate surface area is 164 Å². The molecule has 142 valence electrons. The Morgan fingerprint density at radius 1 is 1.14 bits per heavy atom. The molecule has 4 rings (SSSR count). The third-order valence-corrected chi connectivity index (χ3v) is 5.15. The van der Waals surface area contributed by atoms with Crippen LogP contribution in [0.2, 0.25) is 0 Å². The van der Waals surface area contributed by atoms with Crippen LogP contribution < -0.4 is 10.2 Å². The lowest BCUT2D eigenvalue weighted by molar-refractivity contribution is 0.0947. The van der Waals surface area contributed by atoms with Gasteiger partial charge in [-0.15, -0.1) is 0 Å². The van der Waals surface area contributed by atoms with Crippen molar-refractivity contribution in [3.8, 4) is 11.4 Å². The van der Waals surface area contributed by atoms with E-state index in [0.29, 0.717) is 23.9 Å². The van der Waals surface area contributed by atoms with Crippen molar-refractivity contribution >= 4 is 11.6 Å². The first kappa shape index (κ1) is 18.1. The van der Waals surface area contributed by atoms with E-state index in [1.165, 1.54) is 11.3 Å². The molecule has 6 heteroatoms. The zero-order chi connectivity index (χ0) is 19.3. The monoisotopic (exact) mass is 373 g/mol. The van der Waals surface area contributed by atoms with Crippen LogP contribution in [-0.4, -0.2) is 40.5 Å². The number of rotatable bonds is 5. The van der Waals surface area contributed by atoms with Gasteiger partial charge < -0.3 is 10.2 Å². The van der Waals surface area contributed by atoms with Crippen LogP contribution in [0.3, 0.4) is 0 Å². The summed E-state index contributed by atoms with van der Waals surface area (Å²) in [4.78, 5) is 27.4. The highest BCUT2D eigenvalue weighted by Crippen LogP contribution is 2.26. The van der Waals surface area contributed by atoms with E-state index in [2.05, 4.69) is 56.4 Å². The Morgan fingerprint density at radius 2 is 1.89 bits per heavy atom. The van der Waals surface area contributed by atoms with E-state index in [1.54, 1.807) is 24.8 Å². The van der Waals surface area contributed by atoms with Crippen LogP contribution in [-0.2, 0) is 0 Å². The van der Waals surface area contributed by atoms with Crippen LogP contribution in [0.1, 0.15) is 22.3 Å². The van der Waals surface area contributed by atoms with Crippen LogP contribution >= 0.6 is 0 Å². The highest BCUT2D eigenvalue weighted by molar-refractivity contribution is 5.93. The van der Waals surface area contributed by atoms with E-state index in [0.717, 1.165) is 25.1 Å². The molecule has 1 atom stereocenters. The number of aromatic nitrogens is 3. The summed E-state index contributed by atoms with van der Waals surface area (Å²) in [5, 5.41) is 3.03. The van der Waals surface area contributed by atoms with Crippen molar-refractivity contribution in [1.29, 1.82) is 0 Å². The number of nitrogens with zero attached hydrogens (tertiary/aromatic N) is 4. The first-order valence-corrected chi connectivity index (χ1v) is 9.52. The number of hydrogen-bond acceptors (Lipinski definition) is 5. The minimum Gasteiger partial charge on any atom is -0.371 e. The molecule has 1 aliphatic rings. The van der Waals surface area contributed by atoms with Gasteiger partial charge in [0, 0.05) is 55.7 Å². The molecule has 1 N–H and O–H groups in total. The fraction of sp³-hybridized carbons (Fsp3) is 0.273. The average Bonchev–Trinajstić information content (AvgIpc) is 3.22. The van der Waals surface area contributed by atoms with Crippen LogP contribution in [0, 0.1) is 12.8 Å². The number of carbonyl (C=O) groups is 1. The summed E-state index contributed by atoms with van der Waals surface area (Å²) in [6.45, 7) is 4.78. The second-order valence-corrected chi connectivity index (χ2v) is 7.13. The third-order valence-electron chi connectivity index (χ3n) is 5.15. The summed E-state index contributed by atoms with van der Waals surface area (Å²) in [7, 11) is 0. The SMILES string of the molecule is Cc1ccccc1N1CCC(CNC(=O)c2cnc(-c3ccncc3)nc2)C1. The highest BCUT2D eigenvalue weighted by Gasteiger charge is 2.24. The molecule has 3 aromatic rings. The Hall–Kier alpha value is -3.28. The number of para-hydroxylation sites is 1. The molecular weight excluding hydrogens is 350 g/mol. The fourth-order valence-electron chi connectivity index (χ4n) is 3.57. The number of aryl methyl sites for hydroxylation is 1. The predicted molar refractivity (Wildman–Crippen MR) is 109 cm³/mol. The number of pyridine rings is 1. The lowest BCUT2D eigenvalue weighted by atomic mass is 10.1. The van der Waals surface area contributed by atoms with Crippen molar-refractivity contribution < 1.29 is 4.79 Å². The standard InChI is InChI=1S/C22H23N5O/c1-16-4-2-3-5-20(16)27-11-8-17(15-27)12-26-22(28)19-13-24-21(25-14-19)18-6-9-23-10-7-18/h2-7,9-10,13-14,17H,8,11-12,15H2,1H3,(H,26,28). The molecule has 0 saturated carbocycles. The number of anilines is 1. The third kappa shape index (κ3) is 4.01. The maximum Gasteiger partial charge on any atom is 0.254 e. The van der Waals surface area contributed by atoms with Crippen molar-refractivity contribution in [2.24, 2.45) is 5.92 Å². The first-order valence-electron chi connectivity index (χ1n) is 9.52. The van der Waals surface area contributed by atoms with Gasteiger partial charge in [0.25, 0.3) is 5.91 Å². The number of carbonyl (C=O) groups excluding carboxylic acids is 1. The van der Waals surface area contributed by atoms with Crippen molar-refractivity contribution in [2.45, 2.75) is 13.3 Å². The van der Waals surface area contributed by atoms with Gasteiger partial charge in [-0.1, -0.05) is 18.2 Å². The van der Waals surface area contributed by atoms with E-state index in [-0.39, 0.29) is 5.91 Å². The molecule has 0 aliphatic carbocycles. The molecule has 0 spiro atoms. The normalized spacial score (nSPS) is 16.2. The molecule has 1 aromatic carbocycles. The van der Waals surface area contributed by atoms with Gasteiger partial charge in [-0.3, -0.25) is 9.78 Å². The second kappa shape index (κ2) is 8.17. The maximum absolute atomic E-state index is 12.4. The minimum atomic E-state index is -0.129. The summed E-state index contributed by atoms with van der Waals surface area (Å²) in [6.07, 6.45) is 7.62. The number of benzene rings is 1. The molecule has 1 aliphatic heterocycles. The maximum atomic E-state index is 12.4. The molecule has 1 saturated heterocycles. The molecule has 6 nitrogen and oxygen atoms in total. The Bertz CT molecular complexity index is 943. The first-order chi connectivity index (χ1) is 13.7. The Kier molecular flexibility index (Phi) is 5.28. The zero-order valence-electron chi connectivity index (χ0n) is 15.9. The molecule has 1 fully saturated rings. The lowest BCUT2D eigenvalue weighted by Gasteiger charge is -2.21. The summed E-state index contributed by atoms with van der Waals surface area (Å²) in [5.74, 6) is 0.903. The van der Waals surface area contributed by atoms with Crippen LogP contribution in [0.25, 0.3) is 11.4 Å². The predicted octanol–water partition coefficient (Wildman–Crippen LogP) is 3.10. The Morgan fingerprint density at radius 3 is 2.64 bits per heavy atom. The van der Waals surface area contributed by atoms with Gasteiger partial charge in [-0.25, -0.2) is 9.97 Å². The largest absolute Gasteiger partial charge is 0.371 e. The zero-order valence-corrected chi connectivity index (χ0v) is 15.9. The summed E-state index contributed by atoms with van der Waals surface area (Å²) >= 11 is 0. The van der Waals surface area contributed by atoms with Gasteiger partial charge in [-0.2, -0.15) is 0 Å². The van der Waals surface area contributed by atoms with E-state index in [4.69, 9.17) is 0 Å². The van der Waals surface area contributed by atoms with E-state index >= 15 is 0 Å². The lowest BCUT2D eigenvalue weighted by Crippen LogP contribution is -2.31.